The summed E-state index contributed by atoms with van der Waals surface area (Å²) in [5.41, 5.74) is 2.95. The molecule has 2 heteroatoms. The first-order chi connectivity index (χ1) is 7.24. The molecule has 1 saturated carbocycles. The van der Waals surface area contributed by atoms with E-state index in [1.54, 1.807) is 0 Å². The van der Waals surface area contributed by atoms with E-state index in [0.29, 0.717) is 0 Å². The van der Waals surface area contributed by atoms with Crippen molar-refractivity contribution >= 4 is 21.6 Å². The number of nitrogens with zero attached hydrogens (tertiary/aromatic N) is 1. The normalized spacial score (nSPS) is 25.2. The Balaban J connectivity index is 1.93. The summed E-state index contributed by atoms with van der Waals surface area (Å²) < 4.78 is 1.21. The average Bonchev–Trinajstić information content (AvgIpc) is 2.99. The van der Waals surface area contributed by atoms with Crippen LogP contribution in [0.3, 0.4) is 0 Å². The van der Waals surface area contributed by atoms with Crippen LogP contribution >= 0.6 is 15.9 Å². The third-order valence-corrected chi connectivity index (χ3v) is 4.23. The fraction of sp³-hybridized carbons (Fsp3) is 0.538. The molecule has 0 N–H and O–H groups in total. The zero-order chi connectivity index (χ0) is 10.4. The van der Waals surface area contributed by atoms with Crippen molar-refractivity contribution in [3.05, 3.63) is 28.2 Å². The first-order valence-electron chi connectivity index (χ1n) is 5.73. The molecule has 0 bridgehead atoms. The van der Waals surface area contributed by atoms with E-state index < -0.39 is 0 Å². The predicted molar refractivity (Wildman–Crippen MR) is 67.3 cm³/mol. The molecule has 1 heterocycles. The molecule has 0 amide bonds. The molecule has 0 saturated heterocycles. The van der Waals surface area contributed by atoms with E-state index >= 15 is 0 Å². The lowest BCUT2D eigenvalue weighted by molar-refractivity contribution is 0.446. The van der Waals surface area contributed by atoms with Crippen LogP contribution in [0.25, 0.3) is 0 Å². The van der Waals surface area contributed by atoms with Crippen molar-refractivity contribution in [2.75, 3.05) is 18.5 Å². The maximum absolute atomic E-state index is 3.56. The number of fused-ring (bicyclic) bond motifs is 1. The Morgan fingerprint density at radius 3 is 2.80 bits per heavy atom. The van der Waals surface area contributed by atoms with Crippen LogP contribution in [0.2, 0.25) is 0 Å². The Bertz CT molecular complexity index is 384. The van der Waals surface area contributed by atoms with E-state index in [1.165, 1.54) is 41.5 Å². The number of anilines is 1. The molecule has 1 nitrogen and oxygen atoms in total. The minimum Gasteiger partial charge on any atom is -0.374 e. The van der Waals surface area contributed by atoms with Crippen LogP contribution < -0.4 is 4.90 Å². The Morgan fingerprint density at radius 2 is 2.07 bits per heavy atom. The summed E-state index contributed by atoms with van der Waals surface area (Å²) in [5.74, 6) is 1.91. The third kappa shape index (κ3) is 1.80. The van der Waals surface area contributed by atoms with Crippen LogP contribution in [-0.2, 0) is 6.42 Å². The van der Waals surface area contributed by atoms with Crippen molar-refractivity contribution in [2.45, 2.75) is 19.3 Å². The zero-order valence-electron chi connectivity index (χ0n) is 9.04. The Labute approximate surface area is 99.6 Å². The number of rotatable bonds is 1. The van der Waals surface area contributed by atoms with Crippen LogP contribution in [0, 0.1) is 11.8 Å². The Hall–Kier alpha value is -0.500. The lowest BCUT2D eigenvalue weighted by Gasteiger charge is -2.33. The standard InChI is InChI=1S/C13H16BrN/c1-15-8-11(9-2-3-9)6-10-7-12(14)4-5-13(10)15/h4-5,7,9,11H,2-3,6,8H2,1H3. The first-order valence-corrected chi connectivity index (χ1v) is 6.53. The molecular formula is C13H16BrN. The van der Waals surface area contributed by atoms with Gasteiger partial charge < -0.3 is 4.90 Å². The van der Waals surface area contributed by atoms with Crippen molar-refractivity contribution in [2.24, 2.45) is 11.8 Å². The number of hydrogen-bond acceptors (Lipinski definition) is 1. The quantitative estimate of drug-likeness (QED) is 0.752. The van der Waals surface area contributed by atoms with Gasteiger partial charge in [-0.15, -0.1) is 0 Å². The van der Waals surface area contributed by atoms with Gasteiger partial charge in [-0.2, -0.15) is 0 Å². The molecule has 15 heavy (non-hydrogen) atoms. The summed E-state index contributed by atoms with van der Waals surface area (Å²) in [4.78, 5) is 2.42. The molecule has 0 radical (unpaired) electrons. The van der Waals surface area contributed by atoms with E-state index in [9.17, 15) is 0 Å². The fourth-order valence-electron chi connectivity index (χ4n) is 2.77. The average molecular weight is 266 g/mol. The highest BCUT2D eigenvalue weighted by Gasteiger charge is 2.34. The van der Waals surface area contributed by atoms with Gasteiger partial charge in [-0.3, -0.25) is 0 Å². The summed E-state index contributed by atoms with van der Waals surface area (Å²) in [6, 6.07) is 6.68. The van der Waals surface area contributed by atoms with Crippen molar-refractivity contribution in [3.8, 4) is 0 Å². The van der Waals surface area contributed by atoms with Gasteiger partial charge in [0.1, 0.15) is 0 Å². The van der Waals surface area contributed by atoms with Crippen LogP contribution in [0.4, 0.5) is 5.69 Å². The van der Waals surface area contributed by atoms with Crippen molar-refractivity contribution < 1.29 is 0 Å². The second kappa shape index (κ2) is 3.51. The van der Waals surface area contributed by atoms with E-state index in [0.717, 1.165) is 11.8 Å². The SMILES string of the molecule is CN1CC(C2CC2)Cc2cc(Br)ccc21. The first kappa shape index (κ1) is 9.71. The van der Waals surface area contributed by atoms with Gasteiger partial charge >= 0.3 is 0 Å². The lowest BCUT2D eigenvalue weighted by Crippen LogP contribution is -2.33. The van der Waals surface area contributed by atoms with Crippen molar-refractivity contribution in [3.63, 3.8) is 0 Å². The number of hydrogen-bond donors (Lipinski definition) is 0. The molecule has 1 aromatic rings. The predicted octanol–water partition coefficient (Wildman–Crippen LogP) is 3.47. The molecule has 0 spiro atoms. The molecule has 1 aromatic carbocycles. The van der Waals surface area contributed by atoms with Crippen LogP contribution in [0.15, 0.2) is 22.7 Å². The highest BCUT2D eigenvalue weighted by atomic mass is 79.9. The van der Waals surface area contributed by atoms with Crippen molar-refractivity contribution in [1.82, 2.24) is 0 Å². The van der Waals surface area contributed by atoms with E-state index in [2.05, 4.69) is 46.1 Å². The van der Waals surface area contributed by atoms with E-state index in [-0.39, 0.29) is 0 Å². The molecule has 80 valence electrons. The number of halogens is 1. The van der Waals surface area contributed by atoms with Gasteiger partial charge in [-0.1, -0.05) is 15.9 Å². The molecular weight excluding hydrogens is 250 g/mol. The Morgan fingerprint density at radius 1 is 1.27 bits per heavy atom. The largest absolute Gasteiger partial charge is 0.374 e. The second-order valence-corrected chi connectivity index (χ2v) is 5.87. The molecule has 2 aliphatic rings. The Kier molecular flexibility index (Phi) is 2.27. The highest BCUT2D eigenvalue weighted by Crippen LogP contribution is 2.43. The van der Waals surface area contributed by atoms with Crippen LogP contribution in [0.5, 0.6) is 0 Å². The zero-order valence-corrected chi connectivity index (χ0v) is 10.6. The second-order valence-electron chi connectivity index (χ2n) is 4.96. The van der Waals surface area contributed by atoms with Gasteiger partial charge in [0.15, 0.2) is 0 Å². The smallest absolute Gasteiger partial charge is 0.0397 e. The van der Waals surface area contributed by atoms with Crippen molar-refractivity contribution in [1.29, 1.82) is 0 Å². The van der Waals surface area contributed by atoms with Gasteiger partial charge in [0, 0.05) is 23.8 Å². The summed E-state index contributed by atoms with van der Waals surface area (Å²) in [7, 11) is 2.22. The van der Waals surface area contributed by atoms with Crippen LogP contribution in [0.1, 0.15) is 18.4 Å². The molecule has 1 atom stereocenters. The highest BCUT2D eigenvalue weighted by molar-refractivity contribution is 9.10. The maximum atomic E-state index is 3.56. The van der Waals surface area contributed by atoms with Crippen LogP contribution in [-0.4, -0.2) is 13.6 Å². The topological polar surface area (TPSA) is 3.24 Å². The van der Waals surface area contributed by atoms with Gasteiger partial charge in [-0.05, 0) is 54.9 Å². The monoisotopic (exact) mass is 265 g/mol. The minimum absolute atomic E-state index is 0.900. The minimum atomic E-state index is 0.900. The van der Waals surface area contributed by atoms with Gasteiger partial charge in [-0.25, -0.2) is 0 Å². The third-order valence-electron chi connectivity index (χ3n) is 3.73. The number of benzene rings is 1. The molecule has 1 aliphatic carbocycles. The summed E-state index contributed by atoms with van der Waals surface area (Å²) >= 11 is 3.56. The lowest BCUT2D eigenvalue weighted by atomic mass is 9.89. The van der Waals surface area contributed by atoms with E-state index in [4.69, 9.17) is 0 Å². The summed E-state index contributed by atoms with van der Waals surface area (Å²) in [6.07, 6.45) is 4.20. The molecule has 1 unspecified atom stereocenters. The summed E-state index contributed by atoms with van der Waals surface area (Å²) in [5, 5.41) is 0. The van der Waals surface area contributed by atoms with Gasteiger partial charge in [0.05, 0.1) is 0 Å². The fourth-order valence-corrected chi connectivity index (χ4v) is 3.18. The summed E-state index contributed by atoms with van der Waals surface area (Å²) in [6.45, 7) is 1.25. The molecule has 0 aromatic heterocycles. The van der Waals surface area contributed by atoms with Gasteiger partial charge in [0.25, 0.3) is 0 Å². The molecule has 1 fully saturated rings. The molecule has 3 rings (SSSR count). The maximum Gasteiger partial charge on any atom is 0.0397 e. The van der Waals surface area contributed by atoms with E-state index in [1.807, 2.05) is 0 Å². The van der Waals surface area contributed by atoms with Gasteiger partial charge in [0.2, 0.25) is 0 Å². The molecule has 1 aliphatic heterocycles.